The summed E-state index contributed by atoms with van der Waals surface area (Å²) >= 11 is 3.41. The van der Waals surface area contributed by atoms with E-state index in [9.17, 15) is 15.3 Å². The van der Waals surface area contributed by atoms with Crippen LogP contribution in [-0.2, 0) is 0 Å². The molecule has 0 amide bonds. The van der Waals surface area contributed by atoms with E-state index < -0.39 is 12.2 Å². The second-order valence-electron chi connectivity index (χ2n) is 13.8. The Kier molecular flexibility index (Phi) is 12.5. The minimum atomic E-state index is -0.414. The molecule has 8 rings (SSSR count). The Hall–Kier alpha value is -4.16. The molecule has 0 spiro atoms. The Labute approximate surface area is 320 Å². The van der Waals surface area contributed by atoms with E-state index in [-0.39, 0.29) is 0 Å². The molecule has 0 radical (unpaired) electrons. The molecular formula is C43H50N4O4S2. The third kappa shape index (κ3) is 8.97. The van der Waals surface area contributed by atoms with Crippen molar-refractivity contribution in [2.45, 2.75) is 25.0 Å². The van der Waals surface area contributed by atoms with Gasteiger partial charge >= 0.3 is 0 Å². The van der Waals surface area contributed by atoms with E-state index in [0.717, 1.165) is 101 Å². The van der Waals surface area contributed by atoms with Crippen molar-refractivity contribution in [2.24, 2.45) is 0 Å². The van der Waals surface area contributed by atoms with E-state index in [2.05, 4.69) is 72.8 Å². The summed E-state index contributed by atoms with van der Waals surface area (Å²) in [7, 11) is 1.73. The maximum absolute atomic E-state index is 10.7. The van der Waals surface area contributed by atoms with Gasteiger partial charge in [-0.15, -0.1) is 22.7 Å². The van der Waals surface area contributed by atoms with Crippen LogP contribution in [0.1, 0.15) is 36.2 Å². The lowest BCUT2D eigenvalue weighted by Gasteiger charge is -2.36. The zero-order valence-corrected chi connectivity index (χ0v) is 32.0. The number of nitrogens with zero attached hydrogens (tertiary/aromatic N) is 4. The molecule has 0 bridgehead atoms. The summed E-state index contributed by atoms with van der Waals surface area (Å²) in [6.07, 6.45) is 0.711. The summed E-state index contributed by atoms with van der Waals surface area (Å²) in [5.41, 5.74) is 4.21. The van der Waals surface area contributed by atoms with Crippen LogP contribution in [0.3, 0.4) is 0 Å². The fourth-order valence-electron chi connectivity index (χ4n) is 7.48. The molecule has 4 heterocycles. The van der Waals surface area contributed by atoms with Gasteiger partial charge in [0.1, 0.15) is 11.5 Å². The molecular weight excluding hydrogens is 701 g/mol. The Morgan fingerprint density at radius 1 is 0.566 bits per heavy atom. The summed E-state index contributed by atoms with van der Waals surface area (Å²) in [6, 6.07) is 32.3. The smallest absolute Gasteiger partial charge is 0.142 e. The first kappa shape index (κ1) is 37.2. The van der Waals surface area contributed by atoms with Crippen LogP contribution in [0, 0.1) is 0 Å². The number of benzene rings is 4. The Bertz CT molecular complexity index is 2050. The van der Waals surface area contributed by atoms with Crippen molar-refractivity contribution in [3.8, 4) is 11.5 Å². The number of para-hydroxylation sites is 4. The largest absolute Gasteiger partial charge is 0.506 e. The highest BCUT2D eigenvalue weighted by Crippen LogP contribution is 2.34. The van der Waals surface area contributed by atoms with Crippen molar-refractivity contribution < 1.29 is 20.1 Å². The standard InChI is InChI=1S/C22H26N2O2S.C21H24N2O2S/c1-26-21-8-4-3-7-19(21)24-14-12-23(13-15-24)11-10-20(25)18-16-27-22-9-5-2-6-17(18)22;24-19(17-15-26-21-8-4-1-5-16(17)21)9-10-22-11-13-23(14-12-22)18-6-2-3-7-20(18)25/h2-9,16,20,25H,10-15H2,1H3;1-8,15,19,24-25H,9-14H2. The van der Waals surface area contributed by atoms with Gasteiger partial charge in [0.15, 0.2) is 0 Å². The molecule has 2 unspecified atom stereocenters. The Morgan fingerprint density at radius 2 is 1.00 bits per heavy atom. The zero-order valence-electron chi connectivity index (χ0n) is 30.4. The number of ether oxygens (including phenoxy) is 1. The van der Waals surface area contributed by atoms with Gasteiger partial charge in [-0.25, -0.2) is 0 Å². The van der Waals surface area contributed by atoms with Crippen molar-refractivity contribution in [3.05, 3.63) is 119 Å². The number of piperazine rings is 2. The summed E-state index contributed by atoms with van der Waals surface area (Å²) < 4.78 is 7.97. The normalized spacial score (nSPS) is 16.7. The molecule has 10 heteroatoms. The lowest BCUT2D eigenvalue weighted by atomic mass is 10.1. The number of phenolic OH excluding ortho intramolecular Hbond substituents is 1. The van der Waals surface area contributed by atoms with Crippen LogP contribution >= 0.6 is 22.7 Å². The SMILES string of the molecule is COc1ccccc1N1CCN(CCC(O)c2csc3ccccc23)CC1.Oc1ccccc1N1CCN(CCC(O)c2csc3ccccc23)CC1. The van der Waals surface area contributed by atoms with E-state index >= 15 is 0 Å². The number of hydrogen-bond donors (Lipinski definition) is 3. The summed E-state index contributed by atoms with van der Waals surface area (Å²) in [5.74, 6) is 1.28. The molecule has 2 saturated heterocycles. The van der Waals surface area contributed by atoms with Crippen LogP contribution in [0.15, 0.2) is 108 Å². The van der Waals surface area contributed by atoms with Crippen molar-refractivity contribution in [1.29, 1.82) is 0 Å². The molecule has 6 aromatic rings. The minimum Gasteiger partial charge on any atom is -0.506 e. The quantitative estimate of drug-likeness (QED) is 0.123. The van der Waals surface area contributed by atoms with E-state index in [0.29, 0.717) is 5.75 Å². The van der Waals surface area contributed by atoms with Crippen LogP contribution in [0.5, 0.6) is 11.5 Å². The molecule has 2 aliphatic rings. The van der Waals surface area contributed by atoms with E-state index in [1.807, 2.05) is 48.5 Å². The highest BCUT2D eigenvalue weighted by atomic mass is 32.1. The van der Waals surface area contributed by atoms with Crippen LogP contribution in [0.2, 0.25) is 0 Å². The van der Waals surface area contributed by atoms with Gasteiger partial charge < -0.3 is 29.9 Å². The number of aliphatic hydroxyl groups is 2. The maximum Gasteiger partial charge on any atom is 0.142 e. The van der Waals surface area contributed by atoms with Gasteiger partial charge in [0.2, 0.25) is 0 Å². The monoisotopic (exact) mass is 750 g/mol. The Balaban J connectivity index is 0.000000164. The van der Waals surface area contributed by atoms with Gasteiger partial charge in [0, 0.05) is 74.8 Å². The van der Waals surface area contributed by atoms with E-state index in [1.54, 1.807) is 35.8 Å². The third-order valence-electron chi connectivity index (χ3n) is 10.6. The first-order chi connectivity index (χ1) is 26.0. The molecule has 0 saturated carbocycles. The molecule has 3 N–H and O–H groups in total. The molecule has 8 nitrogen and oxygen atoms in total. The maximum atomic E-state index is 10.7. The first-order valence-electron chi connectivity index (χ1n) is 18.6. The highest BCUT2D eigenvalue weighted by molar-refractivity contribution is 7.17. The first-order valence-corrected chi connectivity index (χ1v) is 20.4. The van der Waals surface area contributed by atoms with Crippen LogP contribution in [0.4, 0.5) is 11.4 Å². The van der Waals surface area contributed by atoms with Crippen LogP contribution in [-0.4, -0.2) is 97.7 Å². The molecule has 2 aromatic heterocycles. The predicted molar refractivity (Wildman–Crippen MR) is 221 cm³/mol. The molecule has 2 fully saturated rings. The molecule has 53 heavy (non-hydrogen) atoms. The molecule has 2 atom stereocenters. The molecule has 4 aromatic carbocycles. The van der Waals surface area contributed by atoms with Crippen molar-refractivity contribution in [2.75, 3.05) is 82.4 Å². The number of rotatable bonds is 11. The van der Waals surface area contributed by atoms with Gasteiger partial charge in [0.25, 0.3) is 0 Å². The summed E-state index contributed by atoms with van der Waals surface area (Å²) in [4.78, 5) is 9.46. The van der Waals surface area contributed by atoms with Crippen LogP contribution in [0.25, 0.3) is 20.2 Å². The van der Waals surface area contributed by atoms with Gasteiger partial charge in [-0.3, -0.25) is 9.80 Å². The highest BCUT2D eigenvalue weighted by Gasteiger charge is 2.22. The second kappa shape index (κ2) is 17.8. The Morgan fingerprint density at radius 3 is 1.51 bits per heavy atom. The number of anilines is 2. The minimum absolute atomic E-state index is 0.348. The predicted octanol–water partition coefficient (Wildman–Crippen LogP) is 8.01. The average Bonchev–Trinajstić information content (AvgIpc) is 3.85. The number of hydrogen-bond acceptors (Lipinski definition) is 10. The number of aromatic hydroxyl groups is 1. The lowest BCUT2D eigenvalue weighted by molar-refractivity contribution is 0.140. The van der Waals surface area contributed by atoms with Crippen LogP contribution < -0.4 is 14.5 Å². The number of phenols is 1. The van der Waals surface area contributed by atoms with Gasteiger partial charge in [0.05, 0.1) is 30.7 Å². The summed E-state index contributed by atoms with van der Waals surface area (Å²) in [5, 5.41) is 37.9. The number of thiophene rings is 2. The number of fused-ring (bicyclic) bond motifs is 2. The topological polar surface area (TPSA) is 82.9 Å². The molecule has 2 aliphatic heterocycles. The van der Waals surface area contributed by atoms with Crippen molar-refractivity contribution >= 4 is 54.2 Å². The lowest BCUT2D eigenvalue weighted by Crippen LogP contribution is -2.46. The zero-order chi connectivity index (χ0) is 36.6. The summed E-state index contributed by atoms with van der Waals surface area (Å²) in [6.45, 7) is 9.49. The fourth-order valence-corrected chi connectivity index (χ4v) is 9.50. The third-order valence-corrected chi connectivity index (χ3v) is 12.5. The fraction of sp³-hybridized carbons (Fsp3) is 0.349. The van der Waals surface area contributed by atoms with Crippen molar-refractivity contribution in [1.82, 2.24) is 9.80 Å². The second-order valence-corrected chi connectivity index (χ2v) is 15.6. The van der Waals surface area contributed by atoms with E-state index in [4.69, 9.17) is 4.74 Å². The van der Waals surface area contributed by atoms with Gasteiger partial charge in [-0.05, 0) is 81.9 Å². The number of aliphatic hydroxyl groups excluding tert-OH is 2. The van der Waals surface area contributed by atoms with Crippen molar-refractivity contribution in [3.63, 3.8) is 0 Å². The van der Waals surface area contributed by atoms with E-state index in [1.165, 1.54) is 25.9 Å². The van der Waals surface area contributed by atoms with Gasteiger partial charge in [-0.2, -0.15) is 0 Å². The van der Waals surface area contributed by atoms with Gasteiger partial charge in [-0.1, -0.05) is 60.7 Å². The molecule has 0 aliphatic carbocycles. The average molecular weight is 751 g/mol. The molecule has 278 valence electrons. The number of methoxy groups -OCH3 is 1.